The van der Waals surface area contributed by atoms with E-state index in [1.54, 1.807) is 13.0 Å². The Morgan fingerprint density at radius 2 is 1.12 bits per heavy atom. The van der Waals surface area contributed by atoms with Crippen LogP contribution >= 0.6 is 0 Å². The van der Waals surface area contributed by atoms with Crippen molar-refractivity contribution in [2.75, 3.05) is 0 Å². The van der Waals surface area contributed by atoms with Gasteiger partial charge in [0.05, 0.1) is 0 Å². The maximum atomic E-state index is 13.8. The first kappa shape index (κ1) is 18.4. The molecule has 0 amide bonds. The summed E-state index contributed by atoms with van der Waals surface area (Å²) in [6.45, 7) is 6.24. The summed E-state index contributed by atoms with van der Waals surface area (Å²) in [6, 6.07) is 20.9. The summed E-state index contributed by atoms with van der Waals surface area (Å²) in [5.41, 5.74) is 7.98. The summed E-state index contributed by atoms with van der Waals surface area (Å²) in [5.74, 6) is -0.150. The van der Waals surface area contributed by atoms with Crippen molar-refractivity contribution in [1.82, 2.24) is 0 Å². The quantitative estimate of drug-likeness (QED) is 0.437. The van der Waals surface area contributed by atoms with Crippen LogP contribution in [0.1, 0.15) is 43.4 Å². The normalized spacial score (nSPS) is 10.9. The van der Waals surface area contributed by atoms with E-state index in [0.29, 0.717) is 5.56 Å². The summed E-state index contributed by atoms with van der Waals surface area (Å²) in [4.78, 5) is 0. The van der Waals surface area contributed by atoms with Gasteiger partial charge in [0.1, 0.15) is 5.82 Å². The number of halogens is 1. The Balaban J connectivity index is 1.93. The van der Waals surface area contributed by atoms with Crippen LogP contribution in [0.2, 0.25) is 0 Å². The number of hydrogen-bond donors (Lipinski definition) is 0. The molecule has 0 bridgehead atoms. The van der Waals surface area contributed by atoms with Gasteiger partial charge >= 0.3 is 0 Å². The molecule has 0 aliphatic rings. The van der Waals surface area contributed by atoms with E-state index in [1.165, 1.54) is 22.3 Å². The Morgan fingerprint density at radius 3 is 1.62 bits per heavy atom. The zero-order valence-electron chi connectivity index (χ0n) is 16.0. The predicted octanol–water partition coefficient (Wildman–Crippen LogP) is 7.37. The first-order valence-corrected chi connectivity index (χ1v) is 9.60. The molecule has 0 unspecified atom stereocenters. The molecule has 26 heavy (non-hydrogen) atoms. The summed E-state index contributed by atoms with van der Waals surface area (Å²) in [7, 11) is 0. The monoisotopic (exact) mass is 346 g/mol. The highest BCUT2D eigenvalue weighted by atomic mass is 19.1. The standard InChI is InChI=1S/C25H27F/c1-4-6-19-14-20(7-5-2)16-24(15-19)22-12-10-21(11-13-22)23-9-8-18(3)25(26)17-23/h8-17H,4-7H2,1-3H3. The third-order valence-electron chi connectivity index (χ3n) is 4.85. The maximum Gasteiger partial charge on any atom is 0.126 e. The lowest BCUT2D eigenvalue weighted by atomic mass is 9.95. The van der Waals surface area contributed by atoms with Gasteiger partial charge in [0.15, 0.2) is 0 Å². The minimum Gasteiger partial charge on any atom is -0.207 e. The first-order valence-electron chi connectivity index (χ1n) is 9.60. The molecule has 0 aliphatic carbocycles. The molecule has 0 heterocycles. The molecular formula is C25H27F. The molecule has 3 aromatic rings. The molecule has 0 saturated carbocycles. The van der Waals surface area contributed by atoms with Gasteiger partial charge in [-0.1, -0.05) is 81.3 Å². The SMILES string of the molecule is CCCc1cc(CCC)cc(-c2ccc(-c3ccc(C)c(F)c3)cc2)c1. The van der Waals surface area contributed by atoms with Crippen LogP contribution in [0.15, 0.2) is 60.7 Å². The Hall–Kier alpha value is -2.41. The molecule has 0 aliphatic heterocycles. The van der Waals surface area contributed by atoms with E-state index in [-0.39, 0.29) is 5.82 Å². The van der Waals surface area contributed by atoms with Gasteiger partial charge in [-0.05, 0) is 64.8 Å². The van der Waals surface area contributed by atoms with Crippen LogP contribution in [0.5, 0.6) is 0 Å². The molecule has 0 saturated heterocycles. The topological polar surface area (TPSA) is 0 Å². The van der Waals surface area contributed by atoms with Gasteiger partial charge in [-0.3, -0.25) is 0 Å². The molecule has 0 aromatic heterocycles. The van der Waals surface area contributed by atoms with E-state index in [1.807, 2.05) is 12.1 Å². The summed E-state index contributed by atoms with van der Waals surface area (Å²) in [5, 5.41) is 0. The second kappa shape index (κ2) is 8.31. The van der Waals surface area contributed by atoms with Crippen LogP contribution < -0.4 is 0 Å². The average Bonchev–Trinajstić information content (AvgIpc) is 2.64. The molecule has 134 valence electrons. The summed E-state index contributed by atoms with van der Waals surface area (Å²) < 4.78 is 13.8. The largest absolute Gasteiger partial charge is 0.207 e. The summed E-state index contributed by atoms with van der Waals surface area (Å²) >= 11 is 0. The number of benzene rings is 3. The van der Waals surface area contributed by atoms with Gasteiger partial charge in [0.2, 0.25) is 0 Å². The molecule has 3 aromatic carbocycles. The predicted molar refractivity (Wildman–Crippen MR) is 110 cm³/mol. The van der Waals surface area contributed by atoms with Crippen LogP contribution in [-0.2, 0) is 12.8 Å². The van der Waals surface area contributed by atoms with E-state index < -0.39 is 0 Å². The second-order valence-corrected chi connectivity index (χ2v) is 7.08. The minimum absolute atomic E-state index is 0.150. The molecule has 0 N–H and O–H groups in total. The number of aryl methyl sites for hydroxylation is 3. The molecule has 0 fully saturated rings. The molecule has 0 spiro atoms. The van der Waals surface area contributed by atoms with E-state index in [0.717, 1.165) is 36.8 Å². The van der Waals surface area contributed by atoms with Gasteiger partial charge in [-0.15, -0.1) is 0 Å². The van der Waals surface area contributed by atoms with Gasteiger partial charge < -0.3 is 0 Å². The van der Waals surface area contributed by atoms with Crippen molar-refractivity contribution in [2.45, 2.75) is 46.5 Å². The lowest BCUT2D eigenvalue weighted by Gasteiger charge is -2.11. The van der Waals surface area contributed by atoms with Gasteiger partial charge in [0.25, 0.3) is 0 Å². The second-order valence-electron chi connectivity index (χ2n) is 7.08. The van der Waals surface area contributed by atoms with E-state index in [4.69, 9.17) is 0 Å². The third-order valence-corrected chi connectivity index (χ3v) is 4.85. The Labute approximate surface area is 156 Å². The number of hydrogen-bond acceptors (Lipinski definition) is 0. The molecule has 0 nitrogen and oxygen atoms in total. The van der Waals surface area contributed by atoms with Crippen molar-refractivity contribution >= 4 is 0 Å². The zero-order chi connectivity index (χ0) is 18.5. The summed E-state index contributed by atoms with van der Waals surface area (Å²) in [6.07, 6.45) is 4.55. The molecule has 0 atom stereocenters. The Bertz CT molecular complexity index is 851. The fourth-order valence-corrected chi connectivity index (χ4v) is 3.42. The van der Waals surface area contributed by atoms with E-state index in [9.17, 15) is 4.39 Å². The van der Waals surface area contributed by atoms with Crippen molar-refractivity contribution in [3.8, 4) is 22.3 Å². The highest BCUT2D eigenvalue weighted by Crippen LogP contribution is 2.28. The van der Waals surface area contributed by atoms with Crippen LogP contribution in [0.3, 0.4) is 0 Å². The van der Waals surface area contributed by atoms with Gasteiger partial charge in [-0.25, -0.2) is 4.39 Å². The van der Waals surface area contributed by atoms with Crippen molar-refractivity contribution in [2.24, 2.45) is 0 Å². The smallest absolute Gasteiger partial charge is 0.126 e. The average molecular weight is 346 g/mol. The van der Waals surface area contributed by atoms with Gasteiger partial charge in [0, 0.05) is 0 Å². The van der Waals surface area contributed by atoms with Crippen molar-refractivity contribution in [3.63, 3.8) is 0 Å². The number of rotatable bonds is 6. The first-order chi connectivity index (χ1) is 12.6. The highest BCUT2D eigenvalue weighted by Gasteiger charge is 2.06. The molecule has 1 heteroatoms. The Morgan fingerprint density at radius 1 is 0.615 bits per heavy atom. The van der Waals surface area contributed by atoms with Gasteiger partial charge in [-0.2, -0.15) is 0 Å². The third kappa shape index (κ3) is 4.22. The highest BCUT2D eigenvalue weighted by molar-refractivity contribution is 5.71. The maximum absolute atomic E-state index is 13.8. The van der Waals surface area contributed by atoms with Crippen LogP contribution in [0.4, 0.5) is 4.39 Å². The molecule has 3 rings (SSSR count). The van der Waals surface area contributed by atoms with E-state index >= 15 is 0 Å². The zero-order valence-corrected chi connectivity index (χ0v) is 16.0. The van der Waals surface area contributed by atoms with E-state index in [2.05, 4.69) is 56.3 Å². The fourth-order valence-electron chi connectivity index (χ4n) is 3.42. The lowest BCUT2D eigenvalue weighted by Crippen LogP contribution is -1.91. The van der Waals surface area contributed by atoms with Crippen LogP contribution in [0, 0.1) is 12.7 Å². The van der Waals surface area contributed by atoms with Crippen LogP contribution in [-0.4, -0.2) is 0 Å². The Kier molecular flexibility index (Phi) is 5.88. The van der Waals surface area contributed by atoms with Crippen molar-refractivity contribution in [1.29, 1.82) is 0 Å². The minimum atomic E-state index is -0.150. The molecule has 0 radical (unpaired) electrons. The van der Waals surface area contributed by atoms with Crippen LogP contribution in [0.25, 0.3) is 22.3 Å². The lowest BCUT2D eigenvalue weighted by molar-refractivity contribution is 0.619. The van der Waals surface area contributed by atoms with Crippen molar-refractivity contribution < 1.29 is 4.39 Å². The fraction of sp³-hybridized carbons (Fsp3) is 0.280. The van der Waals surface area contributed by atoms with Crippen molar-refractivity contribution in [3.05, 3.63) is 83.2 Å². The molecular weight excluding hydrogens is 319 g/mol.